The number of hydrogen-bond donors (Lipinski definition) is 0. The first-order valence-electron chi connectivity index (χ1n) is 16.6. The van der Waals surface area contributed by atoms with Gasteiger partial charge in [0.15, 0.2) is 0 Å². The van der Waals surface area contributed by atoms with Crippen molar-refractivity contribution in [1.29, 1.82) is 0 Å². The van der Waals surface area contributed by atoms with E-state index in [1.807, 2.05) is 5.92 Å². The molecule has 0 atom stereocenters. The van der Waals surface area contributed by atoms with Crippen molar-refractivity contribution >= 4 is 0 Å². The van der Waals surface area contributed by atoms with Crippen molar-refractivity contribution in [1.82, 2.24) is 0 Å². The predicted octanol–water partition coefficient (Wildman–Crippen LogP) is 13.2. The van der Waals surface area contributed by atoms with Gasteiger partial charge in [-0.1, -0.05) is 182 Å². The molecule has 0 aliphatic heterocycles. The molecule has 0 saturated carbocycles. The van der Waals surface area contributed by atoms with Crippen LogP contribution in [0.15, 0.2) is 0 Å². The molecule has 0 aromatic rings. The lowest BCUT2D eigenvalue weighted by molar-refractivity contribution is 0.371. The minimum Gasteiger partial charge on any atom is -0.0654 e. The summed E-state index contributed by atoms with van der Waals surface area (Å²) >= 11 is 0. The largest absolute Gasteiger partial charge is 0.0654 e. The van der Waals surface area contributed by atoms with Gasteiger partial charge in [-0.3, -0.25) is 0 Å². The van der Waals surface area contributed by atoms with Gasteiger partial charge in [0.05, 0.1) is 0 Å². The molecule has 0 spiro atoms. The van der Waals surface area contributed by atoms with Gasteiger partial charge < -0.3 is 0 Å². The SMILES string of the molecule is CCCCCCCC[C](CCCCCCCC)C(CCCCCCCC)CCCCCCCC. The van der Waals surface area contributed by atoms with Gasteiger partial charge in [0, 0.05) is 0 Å². The van der Waals surface area contributed by atoms with E-state index in [1.54, 1.807) is 0 Å². The van der Waals surface area contributed by atoms with Crippen LogP contribution in [0.2, 0.25) is 0 Å². The Kier molecular flexibility index (Phi) is 29.2. The third-order valence-corrected chi connectivity index (χ3v) is 8.09. The van der Waals surface area contributed by atoms with Gasteiger partial charge in [-0.25, -0.2) is 0 Å². The summed E-state index contributed by atoms with van der Waals surface area (Å²) in [6, 6.07) is 0. The van der Waals surface area contributed by atoms with E-state index in [-0.39, 0.29) is 0 Å². The predicted molar refractivity (Wildman–Crippen MR) is 159 cm³/mol. The first-order chi connectivity index (χ1) is 16.8. The highest BCUT2D eigenvalue weighted by Crippen LogP contribution is 2.35. The summed E-state index contributed by atoms with van der Waals surface area (Å²) in [4.78, 5) is 0. The van der Waals surface area contributed by atoms with Gasteiger partial charge in [-0.05, 0) is 37.5 Å². The highest BCUT2D eigenvalue weighted by atomic mass is 14.3. The number of hydrogen-bond acceptors (Lipinski definition) is 0. The van der Waals surface area contributed by atoms with Gasteiger partial charge in [0.2, 0.25) is 0 Å². The Hall–Kier alpha value is 0. The van der Waals surface area contributed by atoms with Crippen LogP contribution in [0, 0.1) is 11.8 Å². The Morgan fingerprint density at radius 3 is 0.912 bits per heavy atom. The van der Waals surface area contributed by atoms with E-state index in [4.69, 9.17) is 0 Å². The van der Waals surface area contributed by atoms with E-state index in [2.05, 4.69) is 27.7 Å². The van der Waals surface area contributed by atoms with Gasteiger partial charge >= 0.3 is 0 Å². The lowest BCUT2D eigenvalue weighted by Gasteiger charge is -2.28. The Balaban J connectivity index is 4.66. The second kappa shape index (κ2) is 29.2. The van der Waals surface area contributed by atoms with Crippen LogP contribution in [0.1, 0.15) is 207 Å². The van der Waals surface area contributed by atoms with E-state index in [1.165, 1.54) is 180 Å². The minimum absolute atomic E-state index is 0.948. The van der Waals surface area contributed by atoms with Gasteiger partial charge in [0.1, 0.15) is 0 Å². The molecule has 0 nitrogen and oxygen atoms in total. The molecule has 0 saturated heterocycles. The second-order valence-corrected chi connectivity index (χ2v) is 11.5. The lowest BCUT2D eigenvalue weighted by Crippen LogP contribution is -2.14. The van der Waals surface area contributed by atoms with Crippen LogP contribution in [-0.2, 0) is 0 Å². The summed E-state index contributed by atoms with van der Waals surface area (Å²) in [7, 11) is 0. The van der Waals surface area contributed by atoms with Crippen LogP contribution in [0.3, 0.4) is 0 Å². The maximum absolute atomic E-state index is 2.34. The molecule has 0 aliphatic carbocycles. The molecule has 0 rings (SSSR count). The molecule has 1 radical (unpaired) electrons. The fourth-order valence-corrected chi connectivity index (χ4v) is 5.69. The molecule has 205 valence electrons. The number of rotatable bonds is 29. The van der Waals surface area contributed by atoms with Crippen molar-refractivity contribution < 1.29 is 0 Å². The summed E-state index contributed by atoms with van der Waals surface area (Å²) in [6.45, 7) is 9.34. The average molecular weight is 478 g/mol. The van der Waals surface area contributed by atoms with Crippen molar-refractivity contribution in [3.05, 3.63) is 5.92 Å². The molecule has 0 aromatic heterocycles. The van der Waals surface area contributed by atoms with E-state index >= 15 is 0 Å². The zero-order valence-corrected chi connectivity index (χ0v) is 24.9. The fourth-order valence-electron chi connectivity index (χ4n) is 5.69. The standard InChI is InChI=1S/C34H69/c1-5-9-13-17-21-25-29-33(30-26-22-18-14-10-6-2)34(31-27-23-19-15-11-7-3)32-28-24-20-16-12-8-4/h33H,5-32H2,1-4H3. The molecule has 0 N–H and O–H groups in total. The molecule has 0 unspecified atom stereocenters. The first kappa shape index (κ1) is 34.0. The molecule has 0 aliphatic rings. The zero-order chi connectivity index (χ0) is 25.0. The van der Waals surface area contributed by atoms with Crippen LogP contribution in [0.5, 0.6) is 0 Å². The molecule has 0 heteroatoms. The second-order valence-electron chi connectivity index (χ2n) is 11.5. The van der Waals surface area contributed by atoms with E-state index in [9.17, 15) is 0 Å². The van der Waals surface area contributed by atoms with Gasteiger partial charge in [-0.15, -0.1) is 0 Å². The van der Waals surface area contributed by atoms with E-state index in [0.717, 1.165) is 5.92 Å². The fraction of sp³-hybridized carbons (Fsp3) is 0.971. The van der Waals surface area contributed by atoms with Gasteiger partial charge in [0.25, 0.3) is 0 Å². The van der Waals surface area contributed by atoms with Crippen molar-refractivity contribution in [3.8, 4) is 0 Å². The van der Waals surface area contributed by atoms with Crippen LogP contribution in [0.4, 0.5) is 0 Å². The molecule has 0 aromatic carbocycles. The monoisotopic (exact) mass is 478 g/mol. The zero-order valence-electron chi connectivity index (χ0n) is 24.9. The Labute approximate surface area is 219 Å². The third kappa shape index (κ3) is 23.7. The van der Waals surface area contributed by atoms with Crippen molar-refractivity contribution in [2.75, 3.05) is 0 Å². The smallest absolute Gasteiger partial charge is 0.0210 e. The lowest BCUT2D eigenvalue weighted by atomic mass is 9.78. The van der Waals surface area contributed by atoms with Crippen molar-refractivity contribution in [2.24, 2.45) is 5.92 Å². The average Bonchev–Trinajstić information content (AvgIpc) is 2.85. The molecule has 34 heavy (non-hydrogen) atoms. The summed E-state index contributed by atoms with van der Waals surface area (Å²) in [6.07, 6.45) is 40.7. The van der Waals surface area contributed by atoms with E-state index < -0.39 is 0 Å². The number of unbranched alkanes of at least 4 members (excludes halogenated alkanes) is 20. The van der Waals surface area contributed by atoms with E-state index in [0.29, 0.717) is 0 Å². The van der Waals surface area contributed by atoms with Crippen LogP contribution in [-0.4, -0.2) is 0 Å². The summed E-state index contributed by atoms with van der Waals surface area (Å²) in [5.41, 5.74) is 0. The third-order valence-electron chi connectivity index (χ3n) is 8.09. The topological polar surface area (TPSA) is 0 Å². The first-order valence-corrected chi connectivity index (χ1v) is 16.6. The highest BCUT2D eigenvalue weighted by Gasteiger charge is 2.21. The quantitative estimate of drug-likeness (QED) is 0.0939. The Bertz CT molecular complexity index is 280. The van der Waals surface area contributed by atoms with Crippen LogP contribution in [0.25, 0.3) is 0 Å². The molecular weight excluding hydrogens is 408 g/mol. The molecule has 0 heterocycles. The van der Waals surface area contributed by atoms with Gasteiger partial charge in [-0.2, -0.15) is 0 Å². The molecule has 0 fully saturated rings. The van der Waals surface area contributed by atoms with Crippen molar-refractivity contribution in [2.45, 2.75) is 207 Å². The van der Waals surface area contributed by atoms with Crippen molar-refractivity contribution in [3.63, 3.8) is 0 Å². The Morgan fingerprint density at radius 1 is 0.324 bits per heavy atom. The minimum atomic E-state index is 0.948. The Morgan fingerprint density at radius 2 is 0.588 bits per heavy atom. The highest BCUT2D eigenvalue weighted by molar-refractivity contribution is 4.96. The van der Waals surface area contributed by atoms with Crippen LogP contribution >= 0.6 is 0 Å². The normalized spacial score (nSPS) is 11.8. The summed E-state index contributed by atoms with van der Waals surface area (Å²) in [5.74, 6) is 2.96. The van der Waals surface area contributed by atoms with Crippen LogP contribution < -0.4 is 0 Å². The summed E-state index contributed by atoms with van der Waals surface area (Å²) < 4.78 is 0. The molecule has 0 bridgehead atoms. The summed E-state index contributed by atoms with van der Waals surface area (Å²) in [5, 5.41) is 0. The maximum atomic E-state index is 2.34. The molecule has 0 amide bonds. The maximum Gasteiger partial charge on any atom is -0.0210 e. The molecular formula is C34H69.